The van der Waals surface area contributed by atoms with Gasteiger partial charge >= 0.3 is 0 Å². The molecule has 0 aliphatic heterocycles. The van der Waals surface area contributed by atoms with Crippen molar-refractivity contribution in [3.63, 3.8) is 0 Å². The van der Waals surface area contributed by atoms with Gasteiger partial charge in [0.15, 0.2) is 0 Å². The summed E-state index contributed by atoms with van der Waals surface area (Å²) < 4.78 is 0. The van der Waals surface area contributed by atoms with Gasteiger partial charge in [-0.1, -0.05) is 25.8 Å². The zero-order chi connectivity index (χ0) is 5.54. The minimum Gasteiger partial charge on any atom is -0.103 e. The Morgan fingerprint density at radius 2 is 1.78 bits per heavy atom. The Morgan fingerprint density at radius 1 is 1.22 bits per heavy atom. The summed E-state index contributed by atoms with van der Waals surface area (Å²) in [5, 5.41) is 0. The molecule has 0 unspecified atom stereocenters. The quantitative estimate of drug-likeness (QED) is 0.321. The van der Waals surface area contributed by atoms with E-state index in [2.05, 4.69) is 13.5 Å². The Labute approximate surface area is 103 Å². The monoisotopic (exact) mass is 144 g/mol. The minimum absolute atomic E-state index is 0. The zero-order valence-electron chi connectivity index (χ0n) is 7.11. The largest absolute Gasteiger partial charge is 0.103 e. The molecule has 2 heteroatoms. The fourth-order valence-electron chi connectivity index (χ4n) is 0.539. The summed E-state index contributed by atoms with van der Waals surface area (Å²) in [6.45, 7) is 5.84. The summed E-state index contributed by atoms with van der Waals surface area (Å²) in [5.41, 5.74) is 0. The summed E-state index contributed by atoms with van der Waals surface area (Å²) >= 11 is 0. The van der Waals surface area contributed by atoms with Gasteiger partial charge in [-0.25, -0.2) is 0 Å². The maximum Gasteiger partial charge on any atom is 0 e. The van der Waals surface area contributed by atoms with E-state index >= 15 is 0 Å². The van der Waals surface area contributed by atoms with E-state index in [9.17, 15) is 0 Å². The number of allylic oxidation sites excluding steroid dienone is 1. The molecule has 0 rings (SSSR count). The van der Waals surface area contributed by atoms with E-state index in [1.807, 2.05) is 6.08 Å². The van der Waals surface area contributed by atoms with Crippen LogP contribution >= 0.6 is 0 Å². The van der Waals surface area contributed by atoms with Crippen LogP contribution in [0.4, 0.5) is 0 Å². The molecule has 0 saturated carbocycles. The van der Waals surface area contributed by atoms with Gasteiger partial charge in [-0.05, 0) is 12.8 Å². The molecule has 0 amide bonds. The van der Waals surface area contributed by atoms with Crippen molar-refractivity contribution < 1.29 is 0 Å². The zero-order valence-corrected chi connectivity index (χ0v) is 11.1. The van der Waals surface area contributed by atoms with Gasteiger partial charge in [0.2, 0.25) is 0 Å². The molecule has 0 aromatic heterocycles. The predicted octanol–water partition coefficient (Wildman–Crippen LogP) is 1.99. The SMILES string of the molecule is C=CCCCCC.[Na].[Na]. The summed E-state index contributed by atoms with van der Waals surface area (Å²) in [6.07, 6.45) is 7.16. The Balaban J connectivity index is -0.000000180. The molecule has 9 heavy (non-hydrogen) atoms. The molecule has 0 heterocycles. The first-order valence-corrected chi connectivity index (χ1v) is 3.02. The molecule has 2 radical (unpaired) electrons. The van der Waals surface area contributed by atoms with Gasteiger partial charge in [0.1, 0.15) is 0 Å². The maximum atomic E-state index is 3.63. The molecule has 44 valence electrons. The average Bonchev–Trinajstić information content (AvgIpc) is 1.69. The van der Waals surface area contributed by atoms with Crippen molar-refractivity contribution in [1.82, 2.24) is 0 Å². The van der Waals surface area contributed by atoms with E-state index in [4.69, 9.17) is 0 Å². The second-order valence-corrected chi connectivity index (χ2v) is 1.78. The number of rotatable bonds is 4. The molecule has 0 bridgehead atoms. The standard InChI is InChI=1S/C7H14.2Na/c1-3-5-7-6-4-2;;/h3H,1,4-7H2,2H3;;. The third kappa shape index (κ3) is 17.7. The van der Waals surface area contributed by atoms with Crippen molar-refractivity contribution >= 4 is 59.1 Å². The van der Waals surface area contributed by atoms with Crippen LogP contribution in [0.15, 0.2) is 12.7 Å². The van der Waals surface area contributed by atoms with Crippen molar-refractivity contribution in [1.29, 1.82) is 0 Å². The van der Waals surface area contributed by atoms with Crippen molar-refractivity contribution in [2.75, 3.05) is 0 Å². The van der Waals surface area contributed by atoms with E-state index in [1.54, 1.807) is 0 Å². The third-order valence-electron chi connectivity index (χ3n) is 1.01. The fraction of sp³-hybridized carbons (Fsp3) is 0.714. The molecular weight excluding hydrogens is 130 g/mol. The molecule has 0 aromatic carbocycles. The fourth-order valence-corrected chi connectivity index (χ4v) is 0.539. The van der Waals surface area contributed by atoms with Crippen molar-refractivity contribution in [3.8, 4) is 0 Å². The Morgan fingerprint density at radius 3 is 2.11 bits per heavy atom. The van der Waals surface area contributed by atoms with Gasteiger partial charge < -0.3 is 0 Å². The topological polar surface area (TPSA) is 0 Å². The van der Waals surface area contributed by atoms with Crippen LogP contribution in [0, 0.1) is 0 Å². The molecule has 0 spiro atoms. The smallest absolute Gasteiger partial charge is 0 e. The van der Waals surface area contributed by atoms with Crippen LogP contribution in [-0.4, -0.2) is 59.1 Å². The Hall–Kier alpha value is 1.74. The van der Waals surface area contributed by atoms with E-state index in [-0.39, 0.29) is 59.1 Å². The van der Waals surface area contributed by atoms with Gasteiger partial charge in [-0.2, -0.15) is 0 Å². The molecule has 0 atom stereocenters. The van der Waals surface area contributed by atoms with Gasteiger partial charge in [-0.15, -0.1) is 6.58 Å². The van der Waals surface area contributed by atoms with Crippen LogP contribution < -0.4 is 0 Å². The van der Waals surface area contributed by atoms with Crippen LogP contribution in [-0.2, 0) is 0 Å². The molecule has 0 aliphatic rings. The van der Waals surface area contributed by atoms with Crippen LogP contribution in [0.2, 0.25) is 0 Å². The molecule has 0 N–H and O–H groups in total. The van der Waals surface area contributed by atoms with Crippen LogP contribution in [0.5, 0.6) is 0 Å². The minimum atomic E-state index is 0. The van der Waals surface area contributed by atoms with Crippen LogP contribution in [0.25, 0.3) is 0 Å². The Kier molecular flexibility index (Phi) is 30.9. The first-order valence-electron chi connectivity index (χ1n) is 3.02. The molecule has 0 aromatic rings. The number of unbranched alkanes of at least 4 members (excludes halogenated alkanes) is 3. The normalized spacial score (nSPS) is 6.78. The second kappa shape index (κ2) is 16.4. The van der Waals surface area contributed by atoms with Gasteiger partial charge in [0.25, 0.3) is 0 Å². The van der Waals surface area contributed by atoms with Gasteiger partial charge in [-0.3, -0.25) is 0 Å². The predicted molar refractivity (Wildman–Crippen MR) is 45.8 cm³/mol. The van der Waals surface area contributed by atoms with Crippen molar-refractivity contribution in [2.45, 2.75) is 32.6 Å². The summed E-state index contributed by atoms with van der Waals surface area (Å²) in [4.78, 5) is 0. The van der Waals surface area contributed by atoms with Crippen molar-refractivity contribution in [3.05, 3.63) is 12.7 Å². The van der Waals surface area contributed by atoms with E-state index in [1.165, 1.54) is 25.7 Å². The number of hydrogen-bond donors (Lipinski definition) is 0. The third-order valence-corrected chi connectivity index (χ3v) is 1.01. The molecule has 0 saturated heterocycles. The molecular formula is C7H14Na2. The van der Waals surface area contributed by atoms with Crippen LogP contribution in [0.1, 0.15) is 32.6 Å². The van der Waals surface area contributed by atoms with Crippen molar-refractivity contribution in [2.24, 2.45) is 0 Å². The summed E-state index contributed by atoms with van der Waals surface area (Å²) in [5.74, 6) is 0. The van der Waals surface area contributed by atoms with E-state index in [0.29, 0.717) is 0 Å². The molecule has 0 aliphatic carbocycles. The summed E-state index contributed by atoms with van der Waals surface area (Å²) in [6, 6.07) is 0. The first-order chi connectivity index (χ1) is 3.41. The Bertz CT molecular complexity index is 44.2. The van der Waals surface area contributed by atoms with Gasteiger partial charge in [0.05, 0.1) is 0 Å². The second-order valence-electron chi connectivity index (χ2n) is 1.78. The maximum absolute atomic E-state index is 3.63. The molecule has 0 fully saturated rings. The first kappa shape index (κ1) is 17.0. The van der Waals surface area contributed by atoms with Crippen LogP contribution in [0.3, 0.4) is 0 Å². The number of hydrogen-bond acceptors (Lipinski definition) is 0. The average molecular weight is 144 g/mol. The van der Waals surface area contributed by atoms with E-state index in [0.717, 1.165) is 0 Å². The van der Waals surface area contributed by atoms with E-state index < -0.39 is 0 Å². The van der Waals surface area contributed by atoms with Gasteiger partial charge in [0, 0.05) is 59.1 Å². The summed E-state index contributed by atoms with van der Waals surface area (Å²) in [7, 11) is 0. The molecule has 0 nitrogen and oxygen atoms in total.